The van der Waals surface area contributed by atoms with E-state index in [-0.39, 0.29) is 5.82 Å². The molecule has 0 bridgehead atoms. The number of rotatable bonds is 2. The third kappa shape index (κ3) is 2.80. The first-order valence-corrected chi connectivity index (χ1v) is 6.18. The first-order chi connectivity index (χ1) is 8.06. The first-order valence-electron chi connectivity index (χ1n) is 5.36. The Hall–Kier alpha value is -1.48. The van der Waals surface area contributed by atoms with Crippen LogP contribution < -0.4 is 5.73 Å². The van der Waals surface area contributed by atoms with Crippen LogP contribution in [0.15, 0.2) is 46.2 Å². The van der Waals surface area contributed by atoms with Crippen molar-refractivity contribution in [3.8, 4) is 0 Å². The average molecular weight is 247 g/mol. The van der Waals surface area contributed by atoms with Crippen LogP contribution in [0.4, 0.5) is 10.1 Å². The molecule has 0 saturated heterocycles. The normalized spacial score (nSPS) is 10.5. The summed E-state index contributed by atoms with van der Waals surface area (Å²) in [5.41, 5.74) is 8.84. The molecule has 0 aliphatic rings. The number of aryl methyl sites for hydroxylation is 2. The zero-order chi connectivity index (χ0) is 12.4. The van der Waals surface area contributed by atoms with Crippen LogP contribution in [0, 0.1) is 19.7 Å². The van der Waals surface area contributed by atoms with Gasteiger partial charge in [0.1, 0.15) is 5.82 Å². The van der Waals surface area contributed by atoms with Crippen molar-refractivity contribution in [2.24, 2.45) is 0 Å². The maximum atomic E-state index is 13.1. The van der Waals surface area contributed by atoms with E-state index in [9.17, 15) is 4.39 Å². The average Bonchev–Trinajstić information content (AvgIpc) is 2.27. The molecule has 0 fully saturated rings. The SMILES string of the molecule is Cc1ccc(Sc2cc(F)ccc2N)c(C)c1. The third-order valence-corrected chi connectivity index (χ3v) is 3.78. The van der Waals surface area contributed by atoms with Crippen molar-refractivity contribution in [2.75, 3.05) is 5.73 Å². The Morgan fingerprint density at radius 1 is 1.00 bits per heavy atom. The summed E-state index contributed by atoms with van der Waals surface area (Å²) < 4.78 is 13.1. The minimum atomic E-state index is -0.258. The topological polar surface area (TPSA) is 26.0 Å². The molecular weight excluding hydrogens is 233 g/mol. The molecule has 2 N–H and O–H groups in total. The van der Waals surface area contributed by atoms with Crippen molar-refractivity contribution in [3.63, 3.8) is 0 Å². The van der Waals surface area contributed by atoms with Gasteiger partial charge in [0.15, 0.2) is 0 Å². The van der Waals surface area contributed by atoms with Crippen molar-refractivity contribution in [2.45, 2.75) is 23.6 Å². The summed E-state index contributed by atoms with van der Waals surface area (Å²) in [6, 6.07) is 10.6. The van der Waals surface area contributed by atoms with E-state index in [1.165, 1.54) is 35.0 Å². The molecule has 2 aromatic rings. The van der Waals surface area contributed by atoms with E-state index in [1.54, 1.807) is 6.07 Å². The summed E-state index contributed by atoms with van der Waals surface area (Å²) >= 11 is 1.50. The third-order valence-electron chi connectivity index (χ3n) is 2.53. The van der Waals surface area contributed by atoms with Crippen molar-refractivity contribution in [1.29, 1.82) is 0 Å². The second kappa shape index (κ2) is 4.80. The van der Waals surface area contributed by atoms with E-state index in [2.05, 4.69) is 13.0 Å². The van der Waals surface area contributed by atoms with Gasteiger partial charge in [-0.15, -0.1) is 0 Å². The van der Waals surface area contributed by atoms with Gasteiger partial charge in [-0.3, -0.25) is 0 Å². The van der Waals surface area contributed by atoms with E-state index in [0.29, 0.717) is 5.69 Å². The molecule has 0 heterocycles. The quantitative estimate of drug-likeness (QED) is 0.806. The predicted molar refractivity (Wildman–Crippen MR) is 70.9 cm³/mol. The van der Waals surface area contributed by atoms with Crippen molar-refractivity contribution in [3.05, 3.63) is 53.3 Å². The Morgan fingerprint density at radius 2 is 1.76 bits per heavy atom. The minimum absolute atomic E-state index is 0.258. The highest BCUT2D eigenvalue weighted by atomic mass is 32.2. The molecule has 1 nitrogen and oxygen atoms in total. The molecule has 2 rings (SSSR count). The highest BCUT2D eigenvalue weighted by Crippen LogP contribution is 2.34. The fourth-order valence-corrected chi connectivity index (χ4v) is 2.58. The zero-order valence-electron chi connectivity index (χ0n) is 9.83. The second-order valence-electron chi connectivity index (χ2n) is 4.05. The molecular formula is C14H14FNS. The molecule has 0 amide bonds. The van der Waals surface area contributed by atoms with Gasteiger partial charge in [-0.2, -0.15) is 0 Å². The van der Waals surface area contributed by atoms with Gasteiger partial charge in [0.25, 0.3) is 0 Å². The number of anilines is 1. The minimum Gasteiger partial charge on any atom is -0.398 e. The van der Waals surface area contributed by atoms with Gasteiger partial charge in [0.05, 0.1) is 0 Å². The standard InChI is InChI=1S/C14H14FNS/c1-9-3-6-13(10(2)7-9)17-14-8-11(15)4-5-12(14)16/h3-8H,16H2,1-2H3. The van der Waals surface area contributed by atoms with Crippen molar-refractivity contribution >= 4 is 17.4 Å². The monoisotopic (exact) mass is 247 g/mol. The number of halogens is 1. The molecule has 0 radical (unpaired) electrons. The van der Waals surface area contributed by atoms with Crippen LogP contribution in [-0.4, -0.2) is 0 Å². The van der Waals surface area contributed by atoms with Crippen molar-refractivity contribution < 1.29 is 4.39 Å². The van der Waals surface area contributed by atoms with Crippen LogP contribution in [0.2, 0.25) is 0 Å². The van der Waals surface area contributed by atoms with Crippen LogP contribution >= 0.6 is 11.8 Å². The lowest BCUT2D eigenvalue weighted by molar-refractivity contribution is 0.624. The van der Waals surface area contributed by atoms with E-state index in [1.807, 2.05) is 19.1 Å². The number of nitrogens with two attached hydrogens (primary N) is 1. The summed E-state index contributed by atoms with van der Waals surface area (Å²) in [7, 11) is 0. The Morgan fingerprint density at radius 3 is 2.47 bits per heavy atom. The Kier molecular flexibility index (Phi) is 3.38. The van der Waals surface area contributed by atoms with E-state index in [0.717, 1.165) is 9.79 Å². The molecule has 88 valence electrons. The Balaban J connectivity index is 2.34. The van der Waals surface area contributed by atoms with E-state index in [4.69, 9.17) is 5.73 Å². The lowest BCUT2D eigenvalue weighted by atomic mass is 10.2. The van der Waals surface area contributed by atoms with Gasteiger partial charge in [0.2, 0.25) is 0 Å². The fourth-order valence-electron chi connectivity index (χ4n) is 1.63. The molecule has 0 spiro atoms. The van der Waals surface area contributed by atoms with Crippen molar-refractivity contribution in [1.82, 2.24) is 0 Å². The lowest BCUT2D eigenvalue weighted by Gasteiger charge is -2.08. The maximum absolute atomic E-state index is 13.1. The maximum Gasteiger partial charge on any atom is 0.124 e. The van der Waals surface area contributed by atoms with Crippen LogP contribution in [-0.2, 0) is 0 Å². The Bertz CT molecular complexity index is 552. The van der Waals surface area contributed by atoms with E-state index >= 15 is 0 Å². The van der Waals surface area contributed by atoms with Gasteiger partial charge < -0.3 is 5.73 Å². The molecule has 17 heavy (non-hydrogen) atoms. The molecule has 0 saturated carbocycles. The highest BCUT2D eigenvalue weighted by molar-refractivity contribution is 7.99. The first kappa shape index (κ1) is 12.0. The van der Waals surface area contributed by atoms with Gasteiger partial charge in [-0.25, -0.2) is 4.39 Å². The predicted octanol–water partition coefficient (Wildman–Crippen LogP) is 4.18. The summed E-state index contributed by atoms with van der Waals surface area (Å²) in [5, 5.41) is 0. The van der Waals surface area contributed by atoms with E-state index < -0.39 is 0 Å². The fraction of sp³-hybridized carbons (Fsp3) is 0.143. The highest BCUT2D eigenvalue weighted by Gasteiger charge is 2.06. The smallest absolute Gasteiger partial charge is 0.124 e. The summed E-state index contributed by atoms with van der Waals surface area (Å²) in [6.45, 7) is 4.10. The van der Waals surface area contributed by atoms with Gasteiger partial charge in [0, 0.05) is 15.5 Å². The number of nitrogen functional groups attached to an aromatic ring is 1. The van der Waals surface area contributed by atoms with Crippen LogP contribution in [0.25, 0.3) is 0 Å². The largest absolute Gasteiger partial charge is 0.398 e. The molecule has 0 atom stereocenters. The van der Waals surface area contributed by atoms with Crippen LogP contribution in [0.1, 0.15) is 11.1 Å². The second-order valence-corrected chi connectivity index (χ2v) is 5.14. The number of hydrogen-bond donors (Lipinski definition) is 1. The summed E-state index contributed by atoms with van der Waals surface area (Å²) in [4.78, 5) is 1.87. The number of hydrogen-bond acceptors (Lipinski definition) is 2. The van der Waals surface area contributed by atoms with Gasteiger partial charge >= 0.3 is 0 Å². The summed E-state index contributed by atoms with van der Waals surface area (Å²) in [6.07, 6.45) is 0. The molecule has 0 unspecified atom stereocenters. The number of benzene rings is 2. The lowest BCUT2D eigenvalue weighted by Crippen LogP contribution is -1.90. The molecule has 3 heteroatoms. The Labute approximate surface area is 105 Å². The van der Waals surface area contributed by atoms with Crippen LogP contribution in [0.3, 0.4) is 0 Å². The van der Waals surface area contributed by atoms with Gasteiger partial charge in [-0.1, -0.05) is 29.5 Å². The summed E-state index contributed by atoms with van der Waals surface area (Å²) in [5.74, 6) is -0.258. The molecule has 2 aromatic carbocycles. The van der Waals surface area contributed by atoms with Crippen LogP contribution in [0.5, 0.6) is 0 Å². The molecule has 0 aliphatic carbocycles. The molecule has 0 aromatic heterocycles. The van der Waals surface area contributed by atoms with Gasteiger partial charge in [-0.05, 0) is 43.7 Å². The zero-order valence-corrected chi connectivity index (χ0v) is 10.6. The molecule has 0 aliphatic heterocycles.